The van der Waals surface area contributed by atoms with Crippen molar-refractivity contribution in [2.45, 2.75) is 38.8 Å². The van der Waals surface area contributed by atoms with Crippen molar-refractivity contribution >= 4 is 28.9 Å². The van der Waals surface area contributed by atoms with E-state index in [1.807, 2.05) is 30.5 Å². The van der Waals surface area contributed by atoms with Crippen LogP contribution < -0.4 is 5.32 Å². The lowest BCUT2D eigenvalue weighted by Gasteiger charge is -2.26. The first-order valence-corrected chi connectivity index (χ1v) is 8.97. The van der Waals surface area contributed by atoms with Gasteiger partial charge in [0, 0.05) is 30.6 Å². The van der Waals surface area contributed by atoms with Crippen LogP contribution in [0, 0.1) is 0 Å². The van der Waals surface area contributed by atoms with E-state index in [9.17, 15) is 14.4 Å². The molecule has 1 heterocycles. The number of methoxy groups -OCH3 is 1. The summed E-state index contributed by atoms with van der Waals surface area (Å²) in [6.45, 7) is 5.01. The highest BCUT2D eigenvalue weighted by molar-refractivity contribution is 5.90. The lowest BCUT2D eigenvalue weighted by Crippen LogP contribution is -2.50. The van der Waals surface area contributed by atoms with Crippen molar-refractivity contribution in [3.8, 4) is 0 Å². The average molecular weight is 389 g/mol. The van der Waals surface area contributed by atoms with Crippen molar-refractivity contribution in [2.24, 2.45) is 0 Å². The fourth-order valence-electron chi connectivity index (χ4n) is 2.77. The summed E-state index contributed by atoms with van der Waals surface area (Å²) in [5.74, 6) is -0.958. The number of esters is 1. The minimum atomic E-state index is -0.899. The number of nitrogens with zero attached hydrogens (tertiary/aromatic N) is 1. The summed E-state index contributed by atoms with van der Waals surface area (Å²) in [6.07, 6.45) is 1.35. The third kappa shape index (κ3) is 5.73. The molecule has 0 saturated heterocycles. The second kappa shape index (κ2) is 8.77. The average Bonchev–Trinajstić information content (AvgIpc) is 3.01. The Kier molecular flexibility index (Phi) is 6.66. The van der Waals surface area contributed by atoms with Gasteiger partial charge in [0.05, 0.1) is 7.11 Å². The van der Waals surface area contributed by atoms with Crippen LogP contribution in [0.15, 0.2) is 30.5 Å². The maximum absolute atomic E-state index is 12.9. The number of ether oxygens (including phenoxy) is 2. The van der Waals surface area contributed by atoms with E-state index in [-0.39, 0.29) is 13.0 Å². The molecule has 1 aromatic heterocycles. The second-order valence-electron chi connectivity index (χ2n) is 7.53. The third-order valence-electron chi connectivity index (χ3n) is 4.06. The van der Waals surface area contributed by atoms with Gasteiger partial charge in [-0.3, -0.25) is 9.59 Å². The molecule has 2 rings (SSSR count). The van der Waals surface area contributed by atoms with Gasteiger partial charge in [-0.2, -0.15) is 0 Å². The Bertz CT molecular complexity index is 853. The lowest BCUT2D eigenvalue weighted by molar-refractivity contribution is -0.146. The van der Waals surface area contributed by atoms with Crippen LogP contribution in [0.1, 0.15) is 26.3 Å². The number of nitrogens with one attached hydrogen (secondary N) is 2. The summed E-state index contributed by atoms with van der Waals surface area (Å²) >= 11 is 0. The molecule has 0 radical (unpaired) electrons. The number of H-pyrrole nitrogens is 1. The Hall–Kier alpha value is -3.03. The largest absolute Gasteiger partial charge is 0.468 e. The fourth-order valence-corrected chi connectivity index (χ4v) is 2.77. The molecule has 0 spiro atoms. The number of carbonyl (C=O) groups is 3. The predicted molar refractivity (Wildman–Crippen MR) is 105 cm³/mol. The molecule has 0 saturated carbocycles. The number of alkyl carbamates (subject to hydrolysis) is 1. The number of hydrogen-bond donors (Lipinski definition) is 2. The molecule has 152 valence electrons. The highest BCUT2D eigenvalue weighted by Crippen LogP contribution is 2.20. The molecule has 1 unspecified atom stereocenters. The van der Waals surface area contributed by atoms with Gasteiger partial charge in [0.15, 0.2) is 0 Å². The van der Waals surface area contributed by atoms with Gasteiger partial charge in [-0.1, -0.05) is 18.2 Å². The molecular formula is C20H27N3O5. The second-order valence-corrected chi connectivity index (χ2v) is 7.53. The van der Waals surface area contributed by atoms with Crippen molar-refractivity contribution in [2.75, 3.05) is 20.7 Å². The van der Waals surface area contributed by atoms with Crippen molar-refractivity contribution in [1.29, 1.82) is 0 Å². The summed E-state index contributed by atoms with van der Waals surface area (Å²) in [6, 6.07) is 6.79. The highest BCUT2D eigenvalue weighted by atomic mass is 16.6. The Morgan fingerprint density at radius 2 is 1.89 bits per heavy atom. The molecule has 2 aromatic rings. The monoisotopic (exact) mass is 389 g/mol. The minimum Gasteiger partial charge on any atom is -0.468 e. The van der Waals surface area contributed by atoms with Crippen LogP contribution in [-0.4, -0.2) is 60.2 Å². The van der Waals surface area contributed by atoms with Crippen molar-refractivity contribution in [3.63, 3.8) is 0 Å². The number of aromatic nitrogens is 1. The summed E-state index contributed by atoms with van der Waals surface area (Å²) in [5, 5.41) is 3.59. The lowest BCUT2D eigenvalue weighted by atomic mass is 10.0. The van der Waals surface area contributed by atoms with Crippen LogP contribution in [0.4, 0.5) is 4.79 Å². The fraction of sp³-hybridized carbons (Fsp3) is 0.450. The van der Waals surface area contributed by atoms with Crippen LogP contribution in [0.25, 0.3) is 10.9 Å². The number of benzene rings is 1. The van der Waals surface area contributed by atoms with Crippen molar-refractivity contribution in [3.05, 3.63) is 36.0 Å². The van der Waals surface area contributed by atoms with Crippen LogP contribution in [-0.2, 0) is 25.5 Å². The van der Waals surface area contributed by atoms with Gasteiger partial charge in [-0.25, -0.2) is 4.79 Å². The number of amides is 2. The Balaban J connectivity index is 2.23. The van der Waals surface area contributed by atoms with Crippen LogP contribution in [0.5, 0.6) is 0 Å². The molecule has 28 heavy (non-hydrogen) atoms. The molecular weight excluding hydrogens is 362 g/mol. The van der Waals surface area contributed by atoms with E-state index < -0.39 is 29.6 Å². The van der Waals surface area contributed by atoms with Gasteiger partial charge in [0.2, 0.25) is 5.91 Å². The number of carbonyl (C=O) groups excluding carboxylic acids is 3. The van der Waals surface area contributed by atoms with E-state index in [1.54, 1.807) is 20.8 Å². The first kappa shape index (κ1) is 21.3. The molecule has 0 aliphatic heterocycles. The Morgan fingerprint density at radius 3 is 2.54 bits per heavy atom. The molecule has 0 aliphatic rings. The first-order chi connectivity index (χ1) is 13.1. The zero-order valence-electron chi connectivity index (χ0n) is 16.9. The molecule has 1 aromatic carbocycles. The molecule has 0 aliphatic carbocycles. The standard InChI is InChI=1S/C20H27N3O5/c1-20(2,3)28-19(26)22-16(18(25)23(4)12-17(24)27-5)10-13-11-21-15-9-7-6-8-14(13)15/h6-9,11,16,21H,10,12H2,1-5H3,(H,22,26). The van der Waals surface area contributed by atoms with E-state index in [2.05, 4.69) is 15.0 Å². The van der Waals surface area contributed by atoms with Gasteiger partial charge < -0.3 is 24.7 Å². The van der Waals surface area contributed by atoms with E-state index in [1.165, 1.54) is 19.1 Å². The SMILES string of the molecule is COC(=O)CN(C)C(=O)C(Cc1c[nH]c2ccccc12)NC(=O)OC(C)(C)C. The van der Waals surface area contributed by atoms with E-state index in [4.69, 9.17) is 4.74 Å². The number of rotatable bonds is 6. The predicted octanol–water partition coefficient (Wildman–Crippen LogP) is 2.24. The quantitative estimate of drug-likeness (QED) is 0.738. The molecule has 8 heteroatoms. The summed E-state index contributed by atoms with van der Waals surface area (Å²) in [7, 11) is 2.74. The smallest absolute Gasteiger partial charge is 0.408 e. The Morgan fingerprint density at radius 1 is 1.21 bits per heavy atom. The molecule has 0 fully saturated rings. The van der Waals surface area contributed by atoms with Crippen LogP contribution in [0.2, 0.25) is 0 Å². The van der Waals surface area contributed by atoms with Gasteiger partial charge in [-0.05, 0) is 32.4 Å². The summed E-state index contributed by atoms with van der Waals surface area (Å²) in [4.78, 5) is 41.1. The van der Waals surface area contributed by atoms with Gasteiger partial charge in [0.25, 0.3) is 0 Å². The van der Waals surface area contributed by atoms with Gasteiger partial charge in [0.1, 0.15) is 18.2 Å². The number of fused-ring (bicyclic) bond motifs is 1. The number of likely N-dealkylation sites (N-methyl/N-ethyl adjacent to an activating group) is 1. The van der Waals surface area contributed by atoms with Crippen LogP contribution in [0.3, 0.4) is 0 Å². The topological polar surface area (TPSA) is 101 Å². The Labute approximate surface area is 164 Å². The number of hydrogen-bond acceptors (Lipinski definition) is 5. The van der Waals surface area contributed by atoms with Crippen LogP contribution >= 0.6 is 0 Å². The maximum atomic E-state index is 12.9. The van der Waals surface area contributed by atoms with Gasteiger partial charge >= 0.3 is 12.1 Å². The first-order valence-electron chi connectivity index (χ1n) is 8.97. The molecule has 2 N–H and O–H groups in total. The van der Waals surface area contributed by atoms with Gasteiger partial charge in [-0.15, -0.1) is 0 Å². The molecule has 2 amide bonds. The van der Waals surface area contributed by atoms with Crippen molar-refractivity contribution < 1.29 is 23.9 Å². The maximum Gasteiger partial charge on any atom is 0.408 e. The number of aromatic amines is 1. The minimum absolute atomic E-state index is 0.213. The normalized spacial score (nSPS) is 12.3. The molecule has 1 atom stereocenters. The summed E-state index contributed by atoms with van der Waals surface area (Å²) < 4.78 is 9.90. The number of para-hydroxylation sites is 1. The summed E-state index contributed by atoms with van der Waals surface area (Å²) in [5.41, 5.74) is 1.11. The van der Waals surface area contributed by atoms with Crippen molar-refractivity contribution in [1.82, 2.24) is 15.2 Å². The molecule has 8 nitrogen and oxygen atoms in total. The van der Waals surface area contributed by atoms with E-state index in [0.717, 1.165) is 16.5 Å². The van der Waals surface area contributed by atoms with E-state index >= 15 is 0 Å². The van der Waals surface area contributed by atoms with E-state index in [0.29, 0.717) is 0 Å². The molecule has 0 bridgehead atoms. The highest BCUT2D eigenvalue weighted by Gasteiger charge is 2.28. The zero-order valence-corrected chi connectivity index (χ0v) is 16.9. The third-order valence-corrected chi connectivity index (χ3v) is 4.06. The zero-order chi connectivity index (χ0) is 20.9.